The molecule has 0 bridgehead atoms. The number of carbonyl (C=O) groups is 17. The van der Waals surface area contributed by atoms with Crippen molar-refractivity contribution in [3.05, 3.63) is 119 Å². The molecule has 3 aliphatic rings. The van der Waals surface area contributed by atoms with Crippen molar-refractivity contribution in [2.24, 2.45) is 29.0 Å². The number of fused-ring (bicyclic) bond motifs is 3. The summed E-state index contributed by atoms with van der Waals surface area (Å²) in [6.07, 6.45) is 2.07. The van der Waals surface area contributed by atoms with Gasteiger partial charge in [-0.3, -0.25) is 86.9 Å². The zero-order valence-corrected chi connectivity index (χ0v) is 79.9. The van der Waals surface area contributed by atoms with E-state index in [1.165, 1.54) is 76.2 Å². The number of unbranched alkanes of at least 4 members (excludes halogenated alkanes) is 2. The molecule has 2 aliphatic heterocycles. The van der Waals surface area contributed by atoms with Crippen molar-refractivity contribution in [2.45, 2.75) is 241 Å². The first kappa shape index (κ1) is 107. The van der Waals surface area contributed by atoms with Gasteiger partial charge in [0.2, 0.25) is 100 Å². The molecule has 9 rings (SSSR count). The molecule has 3 fully saturated rings. The maximum Gasteiger partial charge on any atom is 0.246 e. The average Bonchev–Trinajstić information content (AvgIpc) is 1.58. The van der Waals surface area contributed by atoms with Crippen LogP contribution in [0.4, 0.5) is 0 Å². The predicted molar refractivity (Wildman–Crippen MR) is 508 cm³/mol. The first-order valence-corrected chi connectivity index (χ1v) is 47.9. The molecule has 2 saturated heterocycles. The summed E-state index contributed by atoms with van der Waals surface area (Å²) in [5, 5.41) is 75.8. The molecular formula is C92H129N23O20S2. The minimum Gasteiger partial charge on any atom is -0.508 e. The largest absolute Gasteiger partial charge is 0.508 e. The van der Waals surface area contributed by atoms with Crippen LogP contribution in [0.25, 0.3) is 21.0 Å². The van der Waals surface area contributed by atoms with Gasteiger partial charge in [0.15, 0.2) is 5.96 Å². The maximum atomic E-state index is 15.8. The van der Waals surface area contributed by atoms with Crippen LogP contribution >= 0.6 is 23.1 Å². The number of thioether (sulfide) groups is 1. The number of aromatic nitrogens is 3. The third kappa shape index (κ3) is 29.6. The van der Waals surface area contributed by atoms with Crippen LogP contribution in [0.1, 0.15) is 147 Å². The van der Waals surface area contributed by atoms with E-state index in [9.17, 15) is 53.7 Å². The third-order valence-corrected chi connectivity index (χ3v) is 26.8. The molecule has 17 amide bonds. The molecule has 1 saturated carbocycles. The lowest BCUT2D eigenvalue weighted by Crippen LogP contribution is -2.62. The van der Waals surface area contributed by atoms with Gasteiger partial charge in [0.1, 0.15) is 89.8 Å². The fourth-order valence-corrected chi connectivity index (χ4v) is 18.7. The number of phenols is 1. The minimum atomic E-state index is -1.89. The Hall–Kier alpha value is -13.3. The number of H-pyrrole nitrogens is 2. The Morgan fingerprint density at radius 3 is 1.84 bits per heavy atom. The Morgan fingerprint density at radius 2 is 1.20 bits per heavy atom. The van der Waals surface area contributed by atoms with E-state index < -0.39 is 247 Å². The van der Waals surface area contributed by atoms with E-state index in [0.717, 1.165) is 36.1 Å². The molecule has 744 valence electrons. The fraction of sp³-hybridized carbons (Fsp3) is 0.533. The quantitative estimate of drug-likeness (QED) is 0.0152. The highest BCUT2D eigenvalue weighted by Crippen LogP contribution is 2.46. The SMILES string of the molecule is CCCC[C@H]1C(=O)N(C)[C@@H](CCCC)C(=O)N[C@@H](CCCNC(=N)N)C(=O)NC(C(=O)NCC(N)=O)CSCC(=O)N[C@@H](Cc2ccc(O)cc2)C(=O)N(C)[C@@H](C)C(=O)N[C@@H](CC(N)=O)C(=O)N[C@]2(C[C@@H]2CC)C(=O)N[C@@H](Cc2cnc[nH]2)C(=O)N[C@@H](CC(C)C)C(=O)N2C[C@H](O)C[C@H]2C(=O)N[C@@H](Cc2c[nH]c3ccccc23)C(=O)N[C@@H](CO)C(=O)N[C@@H](Cc2csc3ccccc23)C(=O)N1C. The molecule has 3 aromatic carbocycles. The van der Waals surface area contributed by atoms with Gasteiger partial charge < -0.3 is 126 Å². The molecule has 3 aromatic heterocycles. The summed E-state index contributed by atoms with van der Waals surface area (Å²) < 4.78 is 0.810. The lowest BCUT2D eigenvalue weighted by atomic mass is 10.00. The highest BCUT2D eigenvalue weighted by molar-refractivity contribution is 8.00. The summed E-state index contributed by atoms with van der Waals surface area (Å²) >= 11 is 2.11. The topological polar surface area (TPSA) is 655 Å². The Labute approximate surface area is 800 Å². The number of para-hydroxylation sites is 1. The summed E-state index contributed by atoms with van der Waals surface area (Å²) in [5.41, 5.74) is 17.3. The summed E-state index contributed by atoms with van der Waals surface area (Å²) in [5.74, 6) is -18.9. The molecule has 5 heterocycles. The molecule has 43 nitrogen and oxygen atoms in total. The Morgan fingerprint density at radius 1 is 0.599 bits per heavy atom. The van der Waals surface area contributed by atoms with Gasteiger partial charge in [-0.15, -0.1) is 23.1 Å². The number of hydrogen-bond donors (Lipinski definition) is 21. The van der Waals surface area contributed by atoms with Crippen LogP contribution in [0.2, 0.25) is 0 Å². The van der Waals surface area contributed by atoms with Gasteiger partial charge in [-0.2, -0.15) is 0 Å². The van der Waals surface area contributed by atoms with Crippen LogP contribution in [0.15, 0.2) is 96.9 Å². The number of nitrogens with zero attached hydrogens (tertiary/aromatic N) is 5. The van der Waals surface area contributed by atoms with Crippen molar-refractivity contribution in [1.29, 1.82) is 5.41 Å². The number of aliphatic hydroxyl groups is 2. The zero-order chi connectivity index (χ0) is 100. The highest BCUT2D eigenvalue weighted by atomic mass is 32.2. The molecular weight excluding hydrogens is 1810 g/mol. The smallest absolute Gasteiger partial charge is 0.246 e. The number of aromatic amines is 2. The van der Waals surface area contributed by atoms with Crippen molar-refractivity contribution in [2.75, 3.05) is 58.9 Å². The Kier molecular flexibility index (Phi) is 39.6. The number of imidazole rings is 1. The number of guanidine groups is 1. The summed E-state index contributed by atoms with van der Waals surface area (Å²) in [6, 6.07) is -0.776. The van der Waals surface area contributed by atoms with Crippen LogP contribution in [-0.2, 0) is 107 Å². The molecule has 1 unspecified atom stereocenters. The maximum absolute atomic E-state index is 15.8. The van der Waals surface area contributed by atoms with E-state index >= 15 is 43.2 Å². The van der Waals surface area contributed by atoms with Gasteiger partial charge in [0.05, 0.1) is 37.8 Å². The molecule has 0 radical (unpaired) electrons. The van der Waals surface area contributed by atoms with E-state index in [1.54, 1.807) is 62.7 Å². The lowest BCUT2D eigenvalue weighted by Gasteiger charge is -2.36. The second kappa shape index (κ2) is 50.5. The van der Waals surface area contributed by atoms with Crippen molar-refractivity contribution >= 4 is 150 Å². The van der Waals surface area contributed by atoms with Gasteiger partial charge in [0, 0.05) is 106 Å². The van der Waals surface area contributed by atoms with E-state index in [1.807, 2.05) is 32.0 Å². The van der Waals surface area contributed by atoms with Crippen molar-refractivity contribution in [3.63, 3.8) is 0 Å². The number of likely N-dealkylation sites (N-methyl/N-ethyl adjacent to an activating group) is 3. The molecule has 16 atom stereocenters. The van der Waals surface area contributed by atoms with E-state index in [0.29, 0.717) is 64.4 Å². The summed E-state index contributed by atoms with van der Waals surface area (Å²) in [4.78, 5) is 266. The number of phenolic OH excluding ortho intramolecular Hbond substituents is 1. The number of nitrogens with one attached hydrogen (secondary N) is 15. The number of amides is 17. The number of benzene rings is 3. The number of aromatic hydroxyl groups is 1. The van der Waals surface area contributed by atoms with Crippen LogP contribution in [-0.4, -0.2) is 305 Å². The lowest BCUT2D eigenvalue weighted by molar-refractivity contribution is -0.149. The van der Waals surface area contributed by atoms with Gasteiger partial charge in [0.25, 0.3) is 0 Å². The second-order valence-electron chi connectivity index (χ2n) is 35.4. The first-order chi connectivity index (χ1) is 65.2. The van der Waals surface area contributed by atoms with E-state index in [-0.39, 0.29) is 88.8 Å². The standard InChI is InChI=1S/C92H129N23O20S2/c1-10-13-24-70-84(129)103-61(23-19-31-98-91(95)96)79(124)109-69(78(123)100-42-75(94)120)46-136-47-76(121)102-66(33-51-27-29-56(117)30-28-51)86(131)112(7)50(6)77(122)104-64(38-74(93)119)83(128)111-92(39-54(92)12-3)90(135)110-63(36-55-41-97-48-101-55)81(126)106-65(32-49(4)5)88(133)115-43-57(118)37-72(115)85(130)105-62(34-52-40-99-60-22-17-15-20-58(52)60)80(125)108-68(44-116)82(127)107-67(35-53-45-137-73-26-18-16-21-59(53)73)87(132)114(9)71(25-14-11-2)89(134)113(70)8/h15-18,20-22,26-30,40-41,45,48-50,54,57,61-72,99,116-118H,10-14,19,23-25,31-39,42-44,46-47H2,1-9H3,(H2,93,119)(H2,94,120)(H,97,101)(H,100,123)(H,102,121)(H,103,129)(H,104,122)(H,105,130)(H,106,126)(H,107,127)(H,108,125)(H,109,124)(H,110,135)(H,111,128)(H4,95,96,98)/t50-,54-,57+,61-,62-,63-,64-,65-,66-,67-,68-,69?,70-,71-,72-,92-/m0/s1. The van der Waals surface area contributed by atoms with Crippen molar-refractivity contribution < 1.29 is 96.8 Å². The average molecular weight is 1940 g/mol. The number of rotatable bonds is 27. The molecule has 24 N–H and O–H groups in total. The third-order valence-electron chi connectivity index (χ3n) is 24.7. The normalized spacial score (nSPS) is 25.5. The number of nitrogens with two attached hydrogens (primary N) is 3. The molecule has 137 heavy (non-hydrogen) atoms. The Bertz CT molecular complexity index is 5310. The van der Waals surface area contributed by atoms with Crippen molar-refractivity contribution in [3.8, 4) is 5.75 Å². The number of primary amides is 2. The predicted octanol–water partition coefficient (Wildman–Crippen LogP) is -1.90. The first-order valence-electron chi connectivity index (χ1n) is 45.9. The minimum absolute atomic E-state index is 0.00608. The van der Waals surface area contributed by atoms with Gasteiger partial charge in [-0.05, 0) is 109 Å². The van der Waals surface area contributed by atoms with E-state index in [2.05, 4.69) is 78.8 Å². The fourth-order valence-electron chi connectivity index (χ4n) is 16.8. The molecule has 1 spiro atoms. The monoisotopic (exact) mass is 1940 g/mol. The number of carbonyl (C=O) groups excluding carboxylic acids is 17. The number of aliphatic hydroxyl groups excluding tert-OH is 2. The van der Waals surface area contributed by atoms with Crippen LogP contribution in [0.3, 0.4) is 0 Å². The second-order valence-corrected chi connectivity index (χ2v) is 37.4. The summed E-state index contributed by atoms with van der Waals surface area (Å²) in [7, 11) is 3.91. The van der Waals surface area contributed by atoms with Crippen LogP contribution in [0, 0.1) is 17.2 Å². The van der Waals surface area contributed by atoms with Crippen LogP contribution in [0.5, 0.6) is 5.75 Å². The van der Waals surface area contributed by atoms with Gasteiger partial charge in [-0.25, -0.2) is 4.98 Å². The Balaban J connectivity index is 1.11. The molecule has 1 aliphatic carbocycles. The van der Waals surface area contributed by atoms with Crippen molar-refractivity contribution in [1.82, 2.24) is 98.4 Å². The van der Waals surface area contributed by atoms with Crippen LogP contribution < -0.4 is 81.0 Å². The van der Waals surface area contributed by atoms with E-state index in [4.69, 9.17) is 22.6 Å². The zero-order valence-electron chi connectivity index (χ0n) is 78.3. The van der Waals surface area contributed by atoms with Gasteiger partial charge >= 0.3 is 0 Å². The number of hydrogen-bond acceptors (Lipinski definition) is 24. The molecule has 45 heteroatoms. The number of thiophene rings is 1. The highest BCUT2D eigenvalue weighted by Gasteiger charge is 2.61. The van der Waals surface area contributed by atoms with Gasteiger partial charge in [-0.1, -0.05) is 115 Å². The molecule has 6 aromatic rings. The summed E-state index contributed by atoms with van der Waals surface area (Å²) in [6.45, 7) is 7.85.